The predicted octanol–water partition coefficient (Wildman–Crippen LogP) is 2.65. The highest BCUT2D eigenvalue weighted by Gasteiger charge is 2.40. The average Bonchev–Trinajstić information content (AvgIpc) is 2.24. The molecule has 1 atom stereocenters. The minimum Gasteiger partial charge on any atom is -0.484 e. The molecule has 70 valence electrons. The van der Waals surface area contributed by atoms with Gasteiger partial charge in [-0.15, -0.1) is 0 Å². The first kappa shape index (κ1) is 9.03. The highest BCUT2D eigenvalue weighted by atomic mass is 79.9. The molecule has 0 aromatic heterocycles. The minimum absolute atomic E-state index is 0.522. The first-order valence-corrected chi connectivity index (χ1v) is 4.97. The third-order valence-electron chi connectivity index (χ3n) is 2.32. The molecule has 1 aliphatic heterocycles. The molecule has 1 N–H and O–H groups in total. The van der Waals surface area contributed by atoms with Gasteiger partial charge in [0.25, 0.3) is 0 Å². The van der Waals surface area contributed by atoms with Crippen molar-refractivity contribution in [2.45, 2.75) is 25.6 Å². The van der Waals surface area contributed by atoms with Crippen LogP contribution in [0.2, 0.25) is 0 Å². The number of hydrogen-bond acceptors (Lipinski definition) is 2. The highest BCUT2D eigenvalue weighted by Crippen LogP contribution is 2.45. The molecule has 0 radical (unpaired) electrons. The molecule has 0 fully saturated rings. The van der Waals surface area contributed by atoms with E-state index in [1.807, 2.05) is 32.0 Å². The van der Waals surface area contributed by atoms with Crippen molar-refractivity contribution in [3.05, 3.63) is 28.2 Å². The second-order valence-corrected chi connectivity index (χ2v) is 4.61. The van der Waals surface area contributed by atoms with Gasteiger partial charge in [-0.1, -0.05) is 22.0 Å². The zero-order valence-corrected chi connectivity index (χ0v) is 9.13. The van der Waals surface area contributed by atoms with E-state index in [0.29, 0.717) is 0 Å². The summed E-state index contributed by atoms with van der Waals surface area (Å²) in [5, 5.41) is 9.93. The van der Waals surface area contributed by atoms with Crippen LogP contribution in [0.15, 0.2) is 22.7 Å². The van der Waals surface area contributed by atoms with Crippen LogP contribution in [0.5, 0.6) is 5.75 Å². The van der Waals surface area contributed by atoms with Gasteiger partial charge in [0.15, 0.2) is 0 Å². The SMILES string of the molecule is CC1(C)Oc2cccc(Br)c2C1O. The van der Waals surface area contributed by atoms with Crippen LogP contribution in [0, 0.1) is 0 Å². The largest absolute Gasteiger partial charge is 0.484 e. The maximum absolute atomic E-state index is 9.93. The fraction of sp³-hybridized carbons (Fsp3) is 0.400. The van der Waals surface area contributed by atoms with Gasteiger partial charge in [0.1, 0.15) is 17.5 Å². The van der Waals surface area contributed by atoms with E-state index in [1.165, 1.54) is 0 Å². The normalized spacial score (nSPS) is 23.8. The van der Waals surface area contributed by atoms with Crippen LogP contribution in [0.1, 0.15) is 25.5 Å². The maximum atomic E-state index is 9.93. The van der Waals surface area contributed by atoms with Crippen molar-refractivity contribution in [2.75, 3.05) is 0 Å². The topological polar surface area (TPSA) is 29.5 Å². The fourth-order valence-corrected chi connectivity index (χ4v) is 2.12. The Morgan fingerprint density at radius 3 is 2.77 bits per heavy atom. The van der Waals surface area contributed by atoms with Gasteiger partial charge >= 0.3 is 0 Å². The van der Waals surface area contributed by atoms with E-state index in [-0.39, 0.29) is 0 Å². The third kappa shape index (κ3) is 1.27. The van der Waals surface area contributed by atoms with Crippen LogP contribution in [-0.4, -0.2) is 10.7 Å². The molecular formula is C10H11BrO2. The van der Waals surface area contributed by atoms with E-state index >= 15 is 0 Å². The van der Waals surface area contributed by atoms with E-state index in [1.54, 1.807) is 0 Å². The lowest BCUT2D eigenvalue weighted by Gasteiger charge is -2.21. The Hall–Kier alpha value is -0.540. The van der Waals surface area contributed by atoms with Crippen molar-refractivity contribution in [1.29, 1.82) is 0 Å². The van der Waals surface area contributed by atoms with E-state index in [9.17, 15) is 5.11 Å². The Morgan fingerprint density at radius 2 is 2.15 bits per heavy atom. The zero-order chi connectivity index (χ0) is 9.64. The second-order valence-electron chi connectivity index (χ2n) is 3.76. The van der Waals surface area contributed by atoms with Crippen molar-refractivity contribution in [2.24, 2.45) is 0 Å². The highest BCUT2D eigenvalue weighted by molar-refractivity contribution is 9.10. The van der Waals surface area contributed by atoms with Gasteiger partial charge in [-0.05, 0) is 26.0 Å². The van der Waals surface area contributed by atoms with E-state index in [2.05, 4.69) is 15.9 Å². The molecule has 2 rings (SSSR count). The Bertz CT molecular complexity index is 347. The zero-order valence-electron chi connectivity index (χ0n) is 7.54. The van der Waals surface area contributed by atoms with E-state index in [0.717, 1.165) is 15.8 Å². The summed E-state index contributed by atoms with van der Waals surface area (Å²) in [6.45, 7) is 3.76. The molecule has 1 aromatic carbocycles. The standard InChI is InChI=1S/C10H11BrO2/c1-10(2)9(12)8-6(11)4-3-5-7(8)13-10/h3-5,9,12H,1-2H3. The molecule has 3 heteroatoms. The molecule has 1 aromatic rings. The quantitative estimate of drug-likeness (QED) is 0.759. The number of ether oxygens (including phenoxy) is 1. The molecule has 0 saturated heterocycles. The minimum atomic E-state index is -0.557. The Labute approximate surface area is 85.7 Å². The smallest absolute Gasteiger partial charge is 0.133 e. The van der Waals surface area contributed by atoms with Crippen LogP contribution in [0.3, 0.4) is 0 Å². The van der Waals surface area contributed by atoms with Crippen molar-refractivity contribution < 1.29 is 9.84 Å². The number of aliphatic hydroxyl groups excluding tert-OH is 1. The van der Waals surface area contributed by atoms with Crippen LogP contribution < -0.4 is 4.74 Å². The number of hydrogen-bond donors (Lipinski definition) is 1. The summed E-state index contributed by atoms with van der Waals surface area (Å²) in [7, 11) is 0. The third-order valence-corrected chi connectivity index (χ3v) is 3.01. The number of fused-ring (bicyclic) bond motifs is 1. The summed E-state index contributed by atoms with van der Waals surface area (Å²) < 4.78 is 6.51. The summed E-state index contributed by atoms with van der Waals surface area (Å²) in [6.07, 6.45) is -0.557. The van der Waals surface area contributed by atoms with Crippen molar-refractivity contribution in [3.8, 4) is 5.75 Å². The van der Waals surface area contributed by atoms with Crippen LogP contribution in [0.25, 0.3) is 0 Å². The van der Waals surface area contributed by atoms with Gasteiger partial charge in [0, 0.05) is 10.0 Å². The van der Waals surface area contributed by atoms with Crippen LogP contribution in [0.4, 0.5) is 0 Å². The lowest BCUT2D eigenvalue weighted by Crippen LogP contribution is -2.29. The summed E-state index contributed by atoms with van der Waals surface area (Å²) in [6, 6.07) is 5.68. The Morgan fingerprint density at radius 1 is 1.46 bits per heavy atom. The number of halogens is 1. The fourth-order valence-electron chi connectivity index (χ4n) is 1.56. The molecule has 0 amide bonds. The van der Waals surface area contributed by atoms with Crippen molar-refractivity contribution in [1.82, 2.24) is 0 Å². The molecule has 2 nitrogen and oxygen atoms in total. The van der Waals surface area contributed by atoms with Crippen molar-refractivity contribution in [3.63, 3.8) is 0 Å². The number of aliphatic hydroxyl groups is 1. The number of benzene rings is 1. The molecule has 13 heavy (non-hydrogen) atoms. The van der Waals surface area contributed by atoms with Crippen LogP contribution in [-0.2, 0) is 0 Å². The molecule has 1 unspecified atom stereocenters. The molecule has 0 spiro atoms. The monoisotopic (exact) mass is 242 g/mol. The average molecular weight is 243 g/mol. The van der Waals surface area contributed by atoms with E-state index < -0.39 is 11.7 Å². The molecule has 1 aliphatic rings. The lowest BCUT2D eigenvalue weighted by molar-refractivity contribution is 0.000359. The Kier molecular flexibility index (Phi) is 1.89. The van der Waals surface area contributed by atoms with Gasteiger partial charge in [0.05, 0.1) is 0 Å². The maximum Gasteiger partial charge on any atom is 0.133 e. The van der Waals surface area contributed by atoms with Gasteiger partial charge in [-0.25, -0.2) is 0 Å². The van der Waals surface area contributed by atoms with E-state index in [4.69, 9.17) is 4.74 Å². The predicted molar refractivity (Wildman–Crippen MR) is 53.8 cm³/mol. The van der Waals surface area contributed by atoms with Gasteiger partial charge in [-0.3, -0.25) is 0 Å². The van der Waals surface area contributed by atoms with Gasteiger partial charge in [0.2, 0.25) is 0 Å². The number of rotatable bonds is 0. The Balaban J connectivity index is 2.57. The first-order chi connectivity index (χ1) is 6.02. The summed E-state index contributed by atoms with van der Waals surface area (Å²) in [4.78, 5) is 0. The molecule has 0 saturated carbocycles. The van der Waals surface area contributed by atoms with Crippen LogP contribution >= 0.6 is 15.9 Å². The summed E-state index contributed by atoms with van der Waals surface area (Å²) >= 11 is 3.40. The molecule has 0 bridgehead atoms. The van der Waals surface area contributed by atoms with Gasteiger partial charge < -0.3 is 9.84 Å². The summed E-state index contributed by atoms with van der Waals surface area (Å²) in [5.74, 6) is 0.770. The second kappa shape index (κ2) is 2.72. The molecular weight excluding hydrogens is 232 g/mol. The van der Waals surface area contributed by atoms with Crippen molar-refractivity contribution >= 4 is 15.9 Å². The molecule has 1 heterocycles. The molecule has 0 aliphatic carbocycles. The lowest BCUT2D eigenvalue weighted by atomic mass is 9.98. The van der Waals surface area contributed by atoms with Gasteiger partial charge in [-0.2, -0.15) is 0 Å². The summed E-state index contributed by atoms with van der Waals surface area (Å²) in [5.41, 5.74) is 0.333. The first-order valence-electron chi connectivity index (χ1n) is 4.18.